The van der Waals surface area contributed by atoms with Gasteiger partial charge in [-0.2, -0.15) is 4.98 Å². The van der Waals surface area contributed by atoms with Crippen LogP contribution in [0.5, 0.6) is 0 Å². The summed E-state index contributed by atoms with van der Waals surface area (Å²) in [6.45, 7) is -2.22. The van der Waals surface area contributed by atoms with E-state index in [1.807, 2.05) is 0 Å². The van der Waals surface area contributed by atoms with E-state index in [1.54, 1.807) is 0 Å². The number of nitrogens with one attached hydrogen (secondary N) is 3. The van der Waals surface area contributed by atoms with Gasteiger partial charge in [-0.3, -0.25) is 42.4 Å². The highest BCUT2D eigenvalue weighted by molar-refractivity contribution is 7.65. The van der Waals surface area contributed by atoms with E-state index in [0.29, 0.717) is 19.1 Å². The number of H-pyrrole nitrogens is 2. The maximum absolute atomic E-state index is 12.9. The molecule has 4 aromatic heterocycles. The monoisotopic (exact) mass is 941 g/mol. The van der Waals surface area contributed by atoms with Crippen molar-refractivity contribution < 1.29 is 94.9 Å². The maximum atomic E-state index is 12.9. The zero-order valence-corrected chi connectivity index (χ0v) is 33.9. The highest BCUT2D eigenvalue weighted by Crippen LogP contribution is 2.63. The van der Waals surface area contributed by atoms with Crippen molar-refractivity contribution in [2.24, 2.45) is 7.05 Å². The number of hydrogen-bond acceptors (Lipinski definition) is 26. The lowest BCUT2D eigenvalue weighted by molar-refractivity contribution is -0.745. The van der Waals surface area contributed by atoms with Gasteiger partial charge in [-0.1, -0.05) is 4.98 Å². The summed E-state index contributed by atoms with van der Waals surface area (Å²) in [6.07, 6.45) is -11.6. The van der Waals surface area contributed by atoms with Crippen LogP contribution < -0.4 is 41.4 Å². The van der Waals surface area contributed by atoms with Crippen LogP contribution in [0.2, 0.25) is 0 Å². The Morgan fingerprint density at radius 3 is 2.29 bits per heavy atom. The summed E-state index contributed by atoms with van der Waals surface area (Å²) in [7, 11) is -17.3. The highest BCUT2D eigenvalue weighted by Gasteiger charge is 2.48. The fraction of sp³-hybridized carbons (Fsp3) is 0.556. The minimum absolute atomic E-state index is 0.142. The molecule has 0 radical (unpaired) electrons. The topological polar surface area (TPSA) is 459 Å². The predicted octanol–water partition coefficient (Wildman–Crippen LogP) is -5.90. The van der Waals surface area contributed by atoms with E-state index in [4.69, 9.17) is 20.0 Å². The van der Waals surface area contributed by atoms with Gasteiger partial charge in [0.05, 0.1) is 26.6 Å². The first kappa shape index (κ1) is 45.6. The number of imidazole rings is 2. The second kappa shape index (κ2) is 17.3. The molecule has 3 fully saturated rings. The fourth-order valence-electron chi connectivity index (χ4n) is 6.70. The number of aromatic nitrogens is 8. The minimum Gasteiger partial charge on any atom is -0.756 e. The summed E-state index contributed by atoms with van der Waals surface area (Å²) in [6, 6.07) is -0.674. The number of nitrogens with two attached hydrogens (primary N) is 1. The number of aryl methyl sites for hydroxylation is 1. The van der Waals surface area contributed by atoms with Gasteiger partial charge in [-0.25, -0.2) is 28.3 Å². The van der Waals surface area contributed by atoms with E-state index in [9.17, 15) is 68.0 Å². The number of carbonyl (C=O) groups excluding carboxylic acids is 2. The molecule has 62 heavy (non-hydrogen) atoms. The van der Waals surface area contributed by atoms with E-state index in [0.717, 1.165) is 20.5 Å². The molecule has 7 heterocycles. The van der Waals surface area contributed by atoms with Gasteiger partial charge in [-0.15, -0.1) is 5.06 Å². The molecule has 5 unspecified atom stereocenters. The molecule has 0 aromatic carbocycles. The molecule has 3 aliphatic heterocycles. The lowest BCUT2D eigenvalue weighted by Crippen LogP contribution is -2.46. The number of amides is 1. The average molecular weight is 942 g/mol. The van der Waals surface area contributed by atoms with Gasteiger partial charge in [0.25, 0.3) is 40.5 Å². The van der Waals surface area contributed by atoms with Gasteiger partial charge < -0.3 is 69.0 Å². The normalized spacial score (nSPS) is 29.7. The number of aromatic amines is 2. The number of aliphatic hydroxyl groups excluding tert-OH is 4. The van der Waals surface area contributed by atoms with Gasteiger partial charge in [0, 0.05) is 6.54 Å². The molecule has 0 bridgehead atoms. The third-order valence-corrected chi connectivity index (χ3v) is 13.6. The number of rotatable bonds is 15. The lowest BCUT2D eigenvalue weighted by atomic mass is 10.1. The Kier molecular flexibility index (Phi) is 12.7. The first-order valence-corrected chi connectivity index (χ1v) is 22.1. The van der Waals surface area contributed by atoms with Crippen molar-refractivity contribution in [1.29, 1.82) is 0 Å². The first-order chi connectivity index (χ1) is 29.1. The van der Waals surface area contributed by atoms with Crippen molar-refractivity contribution in [2.75, 3.05) is 30.8 Å². The fourth-order valence-corrected chi connectivity index (χ4v) is 10.1. The number of nitrogen functional groups attached to an aromatic ring is 1. The molecule has 3 aliphatic rings. The van der Waals surface area contributed by atoms with E-state index in [-0.39, 0.29) is 34.8 Å². The Hall–Kier alpha value is -4.43. The summed E-state index contributed by atoms with van der Waals surface area (Å²) >= 11 is 0. The number of aliphatic hydroxyl groups is 4. The average Bonchev–Trinajstić information content (AvgIpc) is 3.98. The van der Waals surface area contributed by atoms with Crippen LogP contribution in [-0.2, 0) is 57.5 Å². The third-order valence-electron chi connectivity index (χ3n) is 9.46. The zero-order valence-electron chi connectivity index (χ0n) is 31.2. The number of nitrogens with zero attached hydrogens (tertiary/aromatic N) is 7. The van der Waals surface area contributed by atoms with E-state index in [2.05, 4.69) is 47.9 Å². The number of phosphoric acid groups is 3. The van der Waals surface area contributed by atoms with Crippen LogP contribution in [0.4, 0.5) is 16.7 Å². The molecule has 9 N–H and O–H groups in total. The standard InChI is InChI=1S/C27H36N11O21P3/c1-35-9-37(20-14(35)22(45)33-26(31-20)34-27(46)57-38-4-2-3-10(38)5-39)24-18(43)16(41)12(56-24)7-54-61(49,50)59-62(51,52)58-60(47,48)53-6-11-15(40)17(42)23(55-11)36-8-29-13-19(36)30-25(28)32-21(13)44/h5,8-12,15-18,23-24,40-43H,2-4,6-7H2,1H3,(H7-,28,30,31,32,33,34,44,45,46,47,48,49,50,51,52)/p-2/t10-,11+,12+,15-,16-,17?,18?,23+,24+/m0/s1. The molecule has 32 nitrogen and oxygen atoms in total. The van der Waals surface area contributed by atoms with Crippen molar-refractivity contribution in [3.63, 3.8) is 0 Å². The molecule has 0 spiro atoms. The minimum atomic E-state index is -6.45. The number of hydrogen-bond donors (Lipinski definition) is 8. The Morgan fingerprint density at radius 2 is 1.63 bits per heavy atom. The van der Waals surface area contributed by atoms with Crippen LogP contribution in [0.1, 0.15) is 25.3 Å². The summed E-state index contributed by atoms with van der Waals surface area (Å²) in [5.74, 6) is -0.796. The number of fused-ring (bicyclic) bond motifs is 2. The van der Waals surface area contributed by atoms with Crippen LogP contribution >= 0.6 is 23.5 Å². The molecular formula is C27H34N11O21P3-2. The van der Waals surface area contributed by atoms with Crippen molar-refractivity contribution in [3.05, 3.63) is 33.4 Å². The van der Waals surface area contributed by atoms with Gasteiger partial charge in [-0.05, 0) is 12.8 Å². The second-order valence-electron chi connectivity index (χ2n) is 13.7. The number of hydroxylamine groups is 2. The molecule has 340 valence electrons. The Balaban J connectivity index is 0.947. The Bertz CT molecular complexity index is 2640. The van der Waals surface area contributed by atoms with E-state index < -0.39 is 115 Å². The summed E-state index contributed by atoms with van der Waals surface area (Å²) in [5.41, 5.74) is 3.15. The van der Waals surface area contributed by atoms with Crippen LogP contribution in [-0.4, -0.2) is 134 Å². The Morgan fingerprint density at radius 1 is 0.984 bits per heavy atom. The van der Waals surface area contributed by atoms with Crippen LogP contribution in [0, 0.1) is 0 Å². The predicted molar refractivity (Wildman–Crippen MR) is 189 cm³/mol. The molecule has 0 saturated carbocycles. The largest absolute Gasteiger partial charge is 0.756 e. The van der Waals surface area contributed by atoms with E-state index >= 15 is 0 Å². The summed E-state index contributed by atoms with van der Waals surface area (Å²) in [4.78, 5) is 108. The molecule has 12 atom stereocenters. The van der Waals surface area contributed by atoms with Crippen molar-refractivity contribution in [1.82, 2.24) is 39.1 Å². The Labute approximate surface area is 343 Å². The zero-order chi connectivity index (χ0) is 45.1. The second-order valence-corrected chi connectivity index (χ2v) is 18.2. The van der Waals surface area contributed by atoms with Crippen molar-refractivity contribution >= 4 is 70.1 Å². The van der Waals surface area contributed by atoms with Gasteiger partial charge in [0.2, 0.25) is 17.7 Å². The quantitative estimate of drug-likeness (QED) is 0.0312. The summed E-state index contributed by atoms with van der Waals surface area (Å²) in [5, 5.41) is 45.8. The molecule has 3 saturated heterocycles. The lowest BCUT2D eigenvalue weighted by Gasteiger charge is -2.34. The van der Waals surface area contributed by atoms with Crippen LogP contribution in [0.15, 0.2) is 22.2 Å². The summed E-state index contributed by atoms with van der Waals surface area (Å²) < 4.78 is 68.0. The number of carbonyl (C=O) groups is 2. The van der Waals surface area contributed by atoms with Crippen molar-refractivity contribution in [2.45, 2.75) is 68.0 Å². The molecule has 7 rings (SSSR count). The number of phosphoric ester groups is 2. The molecular weight excluding hydrogens is 907 g/mol. The van der Waals surface area contributed by atoms with Gasteiger partial charge in [0.1, 0.15) is 49.0 Å². The smallest absolute Gasteiger partial charge is 0.434 e. The number of anilines is 2. The molecule has 35 heteroatoms. The molecule has 0 aliphatic carbocycles. The third kappa shape index (κ3) is 9.42. The highest BCUT2D eigenvalue weighted by atomic mass is 31.3. The van der Waals surface area contributed by atoms with Gasteiger partial charge >= 0.3 is 11.7 Å². The number of aldehydes is 1. The SMILES string of the molecule is Cn1c[n+]([C@@H]2O[C@H](COP(=O)([O-])OP(=O)([O-])OP(=O)([O-])OC[C@H]3O[C@@H](n4cnc5c(=O)[nH]c(N)nc54)C(O)[C@H]3O)[C@H](O)C2O)c2nc(NC(=O)ON3CCC[C@H]3C=O)[nH]c(=O)c21. The van der Waals surface area contributed by atoms with Crippen LogP contribution in [0.25, 0.3) is 22.3 Å². The number of ether oxygens (including phenoxy) is 2. The van der Waals surface area contributed by atoms with Crippen molar-refractivity contribution in [3.8, 4) is 0 Å². The van der Waals surface area contributed by atoms with E-state index in [1.165, 1.54) is 17.9 Å². The van der Waals surface area contributed by atoms with Gasteiger partial charge in [0.15, 0.2) is 23.7 Å². The molecule has 1 amide bonds. The first-order valence-electron chi connectivity index (χ1n) is 17.7. The maximum Gasteiger partial charge on any atom is 0.434 e. The molecule has 4 aromatic rings. The van der Waals surface area contributed by atoms with Crippen LogP contribution in [0.3, 0.4) is 0 Å².